The lowest BCUT2D eigenvalue weighted by Gasteiger charge is -2.09. The molecule has 3 aromatic rings. The van der Waals surface area contributed by atoms with Crippen molar-refractivity contribution in [3.8, 4) is 5.75 Å². The van der Waals surface area contributed by atoms with Crippen LogP contribution in [0.4, 0.5) is 11.4 Å². The Bertz CT molecular complexity index is 1210. The van der Waals surface area contributed by atoms with Crippen LogP contribution in [-0.2, 0) is 13.2 Å². The minimum Gasteiger partial charge on any atom is -0.487 e. The van der Waals surface area contributed by atoms with Crippen LogP contribution in [0.3, 0.4) is 0 Å². The Kier molecular flexibility index (Phi) is 7.23. The van der Waals surface area contributed by atoms with Gasteiger partial charge < -0.3 is 10.1 Å². The molecule has 0 fully saturated rings. The highest BCUT2D eigenvalue weighted by atomic mass is 35.5. The van der Waals surface area contributed by atoms with E-state index in [1.54, 1.807) is 38.1 Å². The zero-order valence-electron chi connectivity index (χ0n) is 17.8. The molecule has 2 aromatic carbocycles. The number of aryl methyl sites for hydroxylation is 1. The number of carbonyl (C=O) groups excluding carboxylic acids is 1. The average molecular weight is 474 g/mol. The molecule has 0 unspecified atom stereocenters. The fourth-order valence-electron chi connectivity index (χ4n) is 3.18. The molecule has 0 aliphatic rings. The molecule has 0 atom stereocenters. The van der Waals surface area contributed by atoms with Gasteiger partial charge in [0, 0.05) is 24.2 Å². The maximum Gasteiger partial charge on any atom is 0.312 e. The van der Waals surface area contributed by atoms with E-state index in [0.717, 1.165) is 5.56 Å². The molecule has 1 amide bonds. The summed E-state index contributed by atoms with van der Waals surface area (Å²) in [4.78, 5) is 33.2. The Morgan fingerprint density at radius 2 is 1.82 bits per heavy atom. The van der Waals surface area contributed by atoms with Gasteiger partial charge in [-0.2, -0.15) is 5.10 Å². The van der Waals surface area contributed by atoms with Gasteiger partial charge in [0.2, 0.25) is 0 Å². The molecule has 0 spiro atoms. The van der Waals surface area contributed by atoms with E-state index in [2.05, 4.69) is 10.4 Å². The number of amides is 1. The number of halogens is 1. The van der Waals surface area contributed by atoms with Gasteiger partial charge in [0.25, 0.3) is 11.6 Å². The molecule has 1 N–H and O–H groups in total. The van der Waals surface area contributed by atoms with Crippen LogP contribution in [0.25, 0.3) is 0 Å². The molecule has 0 aliphatic heterocycles. The first kappa shape index (κ1) is 23.7. The van der Waals surface area contributed by atoms with Crippen LogP contribution in [0.2, 0.25) is 5.02 Å². The van der Waals surface area contributed by atoms with Gasteiger partial charge in [-0.1, -0.05) is 23.7 Å². The Balaban J connectivity index is 1.53. The van der Waals surface area contributed by atoms with Gasteiger partial charge in [-0.15, -0.1) is 0 Å². The maximum absolute atomic E-state index is 12.4. The van der Waals surface area contributed by atoms with E-state index >= 15 is 0 Å². The highest BCUT2D eigenvalue weighted by molar-refractivity contribution is 6.32. The zero-order chi connectivity index (χ0) is 24.1. The second kappa shape index (κ2) is 10.1. The van der Waals surface area contributed by atoms with Gasteiger partial charge in [0.15, 0.2) is 0 Å². The SMILES string of the molecule is Cc1nn(CCNC(=O)c2ccc(COc3ccc([N+](=O)[O-])cc3Cl)cc2)c(C)c1[N+](=O)[O-]. The largest absolute Gasteiger partial charge is 0.487 e. The van der Waals surface area contributed by atoms with E-state index in [0.29, 0.717) is 29.2 Å². The van der Waals surface area contributed by atoms with Crippen molar-refractivity contribution in [1.82, 2.24) is 15.1 Å². The Morgan fingerprint density at radius 1 is 1.12 bits per heavy atom. The summed E-state index contributed by atoms with van der Waals surface area (Å²) < 4.78 is 7.10. The fraction of sp³-hybridized carbons (Fsp3) is 0.238. The number of nitro benzene ring substituents is 1. The standard InChI is InChI=1S/C21H20ClN5O6/c1-13-20(27(31)32)14(2)25(24-13)10-9-23-21(28)16-5-3-15(4-6-16)12-33-19-8-7-17(26(29)30)11-18(19)22/h3-8,11H,9-10,12H2,1-2H3,(H,23,28). The summed E-state index contributed by atoms with van der Waals surface area (Å²) in [7, 11) is 0. The number of nitrogens with one attached hydrogen (secondary N) is 1. The molecule has 11 nitrogen and oxygen atoms in total. The van der Waals surface area contributed by atoms with Gasteiger partial charge >= 0.3 is 5.69 Å². The van der Waals surface area contributed by atoms with Crippen LogP contribution in [0.15, 0.2) is 42.5 Å². The van der Waals surface area contributed by atoms with Crippen LogP contribution < -0.4 is 10.1 Å². The number of nitrogens with zero attached hydrogens (tertiary/aromatic N) is 4. The van der Waals surface area contributed by atoms with E-state index in [1.807, 2.05) is 0 Å². The first-order chi connectivity index (χ1) is 15.7. The van der Waals surface area contributed by atoms with Crippen LogP contribution in [-0.4, -0.2) is 32.1 Å². The third-order valence-corrected chi connectivity index (χ3v) is 5.17. The zero-order valence-corrected chi connectivity index (χ0v) is 18.5. The molecule has 3 rings (SSSR count). The van der Waals surface area contributed by atoms with Crippen LogP contribution >= 0.6 is 11.6 Å². The number of ether oxygens (including phenoxy) is 1. The summed E-state index contributed by atoms with van der Waals surface area (Å²) in [5, 5.41) is 28.9. The van der Waals surface area contributed by atoms with E-state index in [9.17, 15) is 25.0 Å². The molecule has 12 heteroatoms. The predicted molar refractivity (Wildman–Crippen MR) is 120 cm³/mol. The van der Waals surface area contributed by atoms with Crippen LogP contribution in [0.5, 0.6) is 5.75 Å². The summed E-state index contributed by atoms with van der Waals surface area (Å²) in [6.07, 6.45) is 0. The van der Waals surface area contributed by atoms with Crippen molar-refractivity contribution in [2.45, 2.75) is 27.0 Å². The van der Waals surface area contributed by atoms with Gasteiger partial charge in [-0.3, -0.25) is 29.7 Å². The predicted octanol–water partition coefficient (Wildman–Crippen LogP) is 3.98. The Morgan fingerprint density at radius 3 is 2.39 bits per heavy atom. The number of aromatic nitrogens is 2. The van der Waals surface area contributed by atoms with Crippen molar-refractivity contribution in [1.29, 1.82) is 0 Å². The lowest BCUT2D eigenvalue weighted by molar-refractivity contribution is -0.386. The van der Waals surface area contributed by atoms with Gasteiger partial charge in [0.05, 0.1) is 21.4 Å². The lowest BCUT2D eigenvalue weighted by atomic mass is 10.1. The Labute approximate surface area is 193 Å². The van der Waals surface area contributed by atoms with Gasteiger partial charge in [0.1, 0.15) is 23.7 Å². The Hall–Kier alpha value is -3.99. The van der Waals surface area contributed by atoms with E-state index in [-0.39, 0.29) is 35.5 Å². The molecular weight excluding hydrogens is 454 g/mol. The molecule has 1 aromatic heterocycles. The summed E-state index contributed by atoms with van der Waals surface area (Å²) >= 11 is 6.01. The molecule has 0 radical (unpaired) electrons. The normalized spacial score (nSPS) is 10.6. The summed E-state index contributed by atoms with van der Waals surface area (Å²) in [6.45, 7) is 3.90. The molecule has 0 bridgehead atoms. The molecule has 0 saturated carbocycles. The fourth-order valence-corrected chi connectivity index (χ4v) is 3.41. The molecule has 0 aliphatic carbocycles. The van der Waals surface area contributed by atoms with Gasteiger partial charge in [-0.25, -0.2) is 0 Å². The van der Waals surface area contributed by atoms with Gasteiger partial charge in [-0.05, 0) is 37.6 Å². The van der Waals surface area contributed by atoms with Crippen LogP contribution in [0, 0.1) is 34.1 Å². The van der Waals surface area contributed by atoms with Crippen molar-refractivity contribution < 1.29 is 19.4 Å². The van der Waals surface area contributed by atoms with Crippen LogP contribution in [0.1, 0.15) is 27.3 Å². The highest BCUT2D eigenvalue weighted by Gasteiger charge is 2.21. The number of carbonyl (C=O) groups is 1. The summed E-state index contributed by atoms with van der Waals surface area (Å²) in [5.41, 5.74) is 1.83. The average Bonchev–Trinajstić information content (AvgIpc) is 3.06. The quantitative estimate of drug-likeness (QED) is 0.365. The monoisotopic (exact) mass is 473 g/mol. The smallest absolute Gasteiger partial charge is 0.312 e. The maximum atomic E-state index is 12.4. The minimum atomic E-state index is -0.541. The molecular formula is C21H20ClN5O6. The topological polar surface area (TPSA) is 142 Å². The number of nitro groups is 2. The lowest BCUT2D eigenvalue weighted by Crippen LogP contribution is -2.27. The first-order valence-electron chi connectivity index (χ1n) is 9.79. The van der Waals surface area contributed by atoms with Crippen molar-refractivity contribution in [2.75, 3.05) is 6.54 Å². The second-order valence-electron chi connectivity index (χ2n) is 7.11. The van der Waals surface area contributed by atoms with E-state index in [4.69, 9.17) is 16.3 Å². The van der Waals surface area contributed by atoms with E-state index < -0.39 is 9.85 Å². The molecule has 0 saturated heterocycles. The van der Waals surface area contributed by atoms with Crippen molar-refractivity contribution in [2.24, 2.45) is 0 Å². The molecule has 33 heavy (non-hydrogen) atoms. The van der Waals surface area contributed by atoms with E-state index in [1.165, 1.54) is 22.9 Å². The highest BCUT2D eigenvalue weighted by Crippen LogP contribution is 2.29. The van der Waals surface area contributed by atoms with Crippen molar-refractivity contribution >= 4 is 28.9 Å². The second-order valence-corrected chi connectivity index (χ2v) is 7.52. The van der Waals surface area contributed by atoms with Crippen molar-refractivity contribution in [3.63, 3.8) is 0 Å². The summed E-state index contributed by atoms with van der Waals surface area (Å²) in [5.74, 6) is 0.0189. The van der Waals surface area contributed by atoms with Crippen molar-refractivity contribution in [3.05, 3.63) is 90.2 Å². The third kappa shape index (κ3) is 5.63. The number of hydrogen-bond donors (Lipinski definition) is 1. The number of benzene rings is 2. The molecule has 172 valence electrons. The third-order valence-electron chi connectivity index (χ3n) is 4.87. The number of non-ortho nitro benzene ring substituents is 1. The number of rotatable bonds is 9. The first-order valence-corrected chi connectivity index (χ1v) is 10.2. The minimum absolute atomic E-state index is 0.0193. The number of hydrogen-bond acceptors (Lipinski definition) is 7. The molecule has 1 heterocycles. The summed E-state index contributed by atoms with van der Waals surface area (Å²) in [6, 6.07) is 10.7.